The van der Waals surface area contributed by atoms with Gasteiger partial charge in [0.2, 0.25) is 0 Å². The van der Waals surface area contributed by atoms with Crippen molar-refractivity contribution in [3.8, 4) is 0 Å². The molecule has 0 saturated carbocycles. The minimum atomic E-state index is -0.645. The Hall–Kier alpha value is -1.22. The van der Waals surface area contributed by atoms with Crippen molar-refractivity contribution in [3.05, 3.63) is 34.6 Å². The maximum atomic E-state index is 13.4. The molecule has 0 saturated heterocycles. The van der Waals surface area contributed by atoms with Crippen molar-refractivity contribution < 1.29 is 14.0 Å². The second-order valence-corrected chi connectivity index (χ2v) is 4.23. The maximum absolute atomic E-state index is 13.4. The highest BCUT2D eigenvalue weighted by atomic mass is 35.5. The molecule has 2 nitrogen and oxygen atoms in total. The Labute approximate surface area is 98.4 Å². The van der Waals surface area contributed by atoms with Gasteiger partial charge < -0.3 is 4.79 Å². The highest BCUT2D eigenvalue weighted by Gasteiger charge is 2.19. The summed E-state index contributed by atoms with van der Waals surface area (Å²) in [6, 6.07) is 3.89. The molecule has 1 atom stereocenters. The zero-order chi connectivity index (χ0) is 12.3. The molecule has 4 heteroatoms. The number of carbonyl (C=O) groups is 2. The van der Waals surface area contributed by atoms with E-state index in [0.29, 0.717) is 0 Å². The van der Waals surface area contributed by atoms with E-state index in [2.05, 4.69) is 0 Å². The van der Waals surface area contributed by atoms with Crippen LogP contribution in [0.5, 0.6) is 0 Å². The molecule has 1 unspecified atom stereocenters. The summed E-state index contributed by atoms with van der Waals surface area (Å²) in [7, 11) is 0. The van der Waals surface area contributed by atoms with Crippen LogP contribution in [0.4, 0.5) is 4.39 Å². The van der Waals surface area contributed by atoms with Crippen molar-refractivity contribution in [2.75, 3.05) is 0 Å². The second-order valence-electron chi connectivity index (χ2n) is 3.80. The lowest BCUT2D eigenvalue weighted by atomic mass is 9.95. The molecular weight excluding hydrogens is 231 g/mol. The Morgan fingerprint density at radius 1 is 1.44 bits per heavy atom. The van der Waals surface area contributed by atoms with Gasteiger partial charge in [-0.3, -0.25) is 4.79 Å². The van der Waals surface area contributed by atoms with Gasteiger partial charge in [-0.1, -0.05) is 18.5 Å². The van der Waals surface area contributed by atoms with Crippen molar-refractivity contribution in [1.82, 2.24) is 0 Å². The van der Waals surface area contributed by atoms with Crippen LogP contribution in [0, 0.1) is 11.7 Å². The predicted octanol–water partition coefficient (Wildman–Crippen LogP) is 3.28. The molecular formula is C12H12ClFO2. The second kappa shape index (κ2) is 5.21. The average molecular weight is 243 g/mol. The Bertz CT molecular complexity index is 429. The van der Waals surface area contributed by atoms with Gasteiger partial charge >= 0.3 is 0 Å². The number of ketones is 2. The van der Waals surface area contributed by atoms with Crippen LogP contribution in [0.1, 0.15) is 30.6 Å². The van der Waals surface area contributed by atoms with Crippen molar-refractivity contribution >= 4 is 23.2 Å². The van der Waals surface area contributed by atoms with Crippen LogP contribution in [0.25, 0.3) is 0 Å². The monoisotopic (exact) mass is 242 g/mol. The first-order valence-electron chi connectivity index (χ1n) is 4.90. The zero-order valence-electron chi connectivity index (χ0n) is 9.09. The standard InChI is InChI=1S/C12H12ClFO2/c1-7(5-8(2)15)12(16)10-4-3-9(13)6-11(10)14/h3-4,6-7H,5H2,1-2H3. The zero-order valence-corrected chi connectivity index (χ0v) is 9.84. The molecule has 0 bridgehead atoms. The minimum absolute atomic E-state index is 0.0156. The summed E-state index contributed by atoms with van der Waals surface area (Å²) in [5.74, 6) is -1.61. The minimum Gasteiger partial charge on any atom is -0.300 e. The van der Waals surface area contributed by atoms with E-state index in [1.54, 1.807) is 6.92 Å². The summed E-state index contributed by atoms with van der Waals surface area (Å²) >= 11 is 5.58. The fourth-order valence-electron chi connectivity index (χ4n) is 1.48. The largest absolute Gasteiger partial charge is 0.300 e. The Morgan fingerprint density at radius 3 is 2.56 bits per heavy atom. The Balaban J connectivity index is 2.92. The molecule has 0 aliphatic rings. The first kappa shape index (κ1) is 12.8. The lowest BCUT2D eigenvalue weighted by Crippen LogP contribution is -2.15. The number of rotatable bonds is 4. The van der Waals surface area contributed by atoms with Gasteiger partial charge in [-0.15, -0.1) is 0 Å². The van der Waals surface area contributed by atoms with Crippen molar-refractivity contribution in [2.45, 2.75) is 20.3 Å². The third kappa shape index (κ3) is 3.14. The summed E-state index contributed by atoms with van der Waals surface area (Å²) in [6.45, 7) is 3.01. The highest BCUT2D eigenvalue weighted by Crippen LogP contribution is 2.19. The Kier molecular flexibility index (Phi) is 4.19. The summed E-state index contributed by atoms with van der Waals surface area (Å²) in [5.41, 5.74) is -0.0156. The van der Waals surface area contributed by atoms with Crippen LogP contribution in [-0.4, -0.2) is 11.6 Å². The molecule has 0 spiro atoms. The summed E-state index contributed by atoms with van der Waals surface area (Å²) < 4.78 is 13.4. The quantitative estimate of drug-likeness (QED) is 0.760. The fraction of sp³-hybridized carbons (Fsp3) is 0.333. The lowest BCUT2D eigenvalue weighted by Gasteiger charge is -2.09. The number of carbonyl (C=O) groups excluding carboxylic acids is 2. The van der Waals surface area contributed by atoms with Crippen LogP contribution in [0.3, 0.4) is 0 Å². The van der Waals surface area contributed by atoms with Gasteiger partial charge in [0.25, 0.3) is 0 Å². The number of hydrogen-bond donors (Lipinski definition) is 0. The molecule has 1 rings (SSSR count). The van der Waals surface area contributed by atoms with Gasteiger partial charge in [0, 0.05) is 17.4 Å². The van der Waals surface area contributed by atoms with E-state index in [-0.39, 0.29) is 28.6 Å². The lowest BCUT2D eigenvalue weighted by molar-refractivity contribution is -0.117. The van der Waals surface area contributed by atoms with Gasteiger partial charge in [0.05, 0.1) is 5.56 Å². The average Bonchev–Trinajstić information content (AvgIpc) is 2.15. The highest BCUT2D eigenvalue weighted by molar-refractivity contribution is 6.30. The van der Waals surface area contributed by atoms with Crippen LogP contribution in [0.15, 0.2) is 18.2 Å². The van der Waals surface area contributed by atoms with E-state index in [1.807, 2.05) is 0 Å². The SMILES string of the molecule is CC(=O)CC(C)C(=O)c1ccc(Cl)cc1F. The van der Waals surface area contributed by atoms with Crippen molar-refractivity contribution in [1.29, 1.82) is 0 Å². The molecule has 86 valence electrons. The summed E-state index contributed by atoms with van der Waals surface area (Å²) in [4.78, 5) is 22.6. The summed E-state index contributed by atoms with van der Waals surface area (Å²) in [6.07, 6.45) is 0.126. The topological polar surface area (TPSA) is 34.1 Å². The predicted molar refractivity (Wildman–Crippen MR) is 60.2 cm³/mol. The van der Waals surface area contributed by atoms with Gasteiger partial charge in [0.15, 0.2) is 5.78 Å². The molecule has 0 aliphatic carbocycles. The van der Waals surface area contributed by atoms with Crippen molar-refractivity contribution in [2.24, 2.45) is 5.92 Å². The summed E-state index contributed by atoms with van der Waals surface area (Å²) in [5, 5.41) is 0.244. The first-order valence-corrected chi connectivity index (χ1v) is 5.28. The van der Waals surface area contributed by atoms with Crippen LogP contribution >= 0.6 is 11.6 Å². The van der Waals surface area contributed by atoms with E-state index < -0.39 is 11.7 Å². The van der Waals surface area contributed by atoms with Crippen molar-refractivity contribution in [3.63, 3.8) is 0 Å². The van der Waals surface area contributed by atoms with Gasteiger partial charge in [0.1, 0.15) is 11.6 Å². The molecule has 0 aromatic heterocycles. The van der Waals surface area contributed by atoms with Crippen LogP contribution in [0.2, 0.25) is 5.02 Å². The smallest absolute Gasteiger partial charge is 0.169 e. The van der Waals surface area contributed by atoms with Crippen LogP contribution < -0.4 is 0 Å². The van der Waals surface area contributed by atoms with E-state index >= 15 is 0 Å². The fourth-order valence-corrected chi connectivity index (χ4v) is 1.64. The van der Waals surface area contributed by atoms with Crippen LogP contribution in [-0.2, 0) is 4.79 Å². The third-order valence-electron chi connectivity index (χ3n) is 2.24. The van der Waals surface area contributed by atoms with E-state index in [4.69, 9.17) is 11.6 Å². The normalized spacial score (nSPS) is 12.2. The van der Waals surface area contributed by atoms with Gasteiger partial charge in [-0.25, -0.2) is 4.39 Å². The molecule has 0 aliphatic heterocycles. The first-order chi connectivity index (χ1) is 7.41. The molecule has 0 N–H and O–H groups in total. The maximum Gasteiger partial charge on any atom is 0.169 e. The molecule has 1 aromatic carbocycles. The molecule has 0 fully saturated rings. The molecule has 0 radical (unpaired) electrons. The third-order valence-corrected chi connectivity index (χ3v) is 2.47. The van der Waals surface area contributed by atoms with Gasteiger partial charge in [-0.05, 0) is 25.1 Å². The van der Waals surface area contributed by atoms with E-state index in [1.165, 1.54) is 19.1 Å². The van der Waals surface area contributed by atoms with Gasteiger partial charge in [-0.2, -0.15) is 0 Å². The number of hydrogen-bond acceptors (Lipinski definition) is 2. The molecule has 16 heavy (non-hydrogen) atoms. The van der Waals surface area contributed by atoms with E-state index in [9.17, 15) is 14.0 Å². The number of benzene rings is 1. The number of Topliss-reactive ketones (excluding diaryl/α,β-unsaturated/α-hetero) is 2. The molecule has 1 aromatic rings. The number of halogens is 2. The Morgan fingerprint density at radius 2 is 2.06 bits per heavy atom. The van der Waals surface area contributed by atoms with E-state index in [0.717, 1.165) is 6.07 Å². The molecule has 0 amide bonds. The molecule has 0 heterocycles.